The van der Waals surface area contributed by atoms with Crippen molar-refractivity contribution in [3.05, 3.63) is 64.4 Å². The van der Waals surface area contributed by atoms with E-state index in [-0.39, 0.29) is 13.2 Å². The molecule has 3 aliphatic rings. The fourth-order valence-corrected chi connectivity index (χ4v) is 4.25. The SMILES string of the molecule is Cc1ccc(C)c([C@H]2NC(=O)N(CC(=O)Nc3ccc4c(c3)OCCO4)C3=C2C(=O)OC3)c1. The highest BCUT2D eigenvalue weighted by Gasteiger charge is 2.43. The van der Waals surface area contributed by atoms with Crippen molar-refractivity contribution >= 4 is 23.6 Å². The van der Waals surface area contributed by atoms with E-state index in [9.17, 15) is 14.4 Å². The van der Waals surface area contributed by atoms with Gasteiger partial charge in [0.15, 0.2) is 11.5 Å². The predicted molar refractivity (Wildman–Crippen MR) is 118 cm³/mol. The number of rotatable bonds is 4. The molecule has 0 saturated carbocycles. The van der Waals surface area contributed by atoms with Gasteiger partial charge >= 0.3 is 12.0 Å². The molecule has 2 N–H and O–H groups in total. The third-order valence-electron chi connectivity index (χ3n) is 5.87. The zero-order valence-electron chi connectivity index (χ0n) is 18.3. The molecule has 0 saturated heterocycles. The number of anilines is 1. The number of nitrogens with zero attached hydrogens (tertiary/aromatic N) is 1. The first-order valence-corrected chi connectivity index (χ1v) is 10.7. The maximum atomic E-state index is 13.0. The molecule has 9 heteroatoms. The summed E-state index contributed by atoms with van der Waals surface area (Å²) in [6.45, 7) is 4.46. The summed E-state index contributed by atoms with van der Waals surface area (Å²) in [5.74, 6) is 0.251. The van der Waals surface area contributed by atoms with Crippen LogP contribution in [0.4, 0.5) is 10.5 Å². The molecule has 0 aliphatic carbocycles. The van der Waals surface area contributed by atoms with Crippen molar-refractivity contribution in [2.45, 2.75) is 19.9 Å². The molecule has 0 aromatic heterocycles. The van der Waals surface area contributed by atoms with Crippen LogP contribution < -0.4 is 20.1 Å². The van der Waals surface area contributed by atoms with Gasteiger partial charge in [0.25, 0.3) is 0 Å². The minimum absolute atomic E-state index is 0.0553. The van der Waals surface area contributed by atoms with Crippen molar-refractivity contribution in [2.24, 2.45) is 0 Å². The van der Waals surface area contributed by atoms with Gasteiger partial charge in [-0.15, -0.1) is 0 Å². The van der Waals surface area contributed by atoms with E-state index in [4.69, 9.17) is 14.2 Å². The van der Waals surface area contributed by atoms with E-state index in [0.717, 1.165) is 16.7 Å². The number of carbonyl (C=O) groups is 3. The number of fused-ring (bicyclic) bond motifs is 1. The van der Waals surface area contributed by atoms with Crippen molar-refractivity contribution in [3.8, 4) is 11.5 Å². The van der Waals surface area contributed by atoms with Crippen LogP contribution in [0.3, 0.4) is 0 Å². The van der Waals surface area contributed by atoms with E-state index in [2.05, 4.69) is 10.6 Å². The van der Waals surface area contributed by atoms with Crippen LogP contribution in [-0.4, -0.2) is 49.2 Å². The van der Waals surface area contributed by atoms with Crippen molar-refractivity contribution < 1.29 is 28.6 Å². The second-order valence-corrected chi connectivity index (χ2v) is 8.17. The standard InChI is InChI=1S/C24H23N3O6/c1-13-3-4-14(2)16(9-13)22-21-17(12-33-23(21)29)27(24(30)26-22)11-20(28)25-15-5-6-18-19(10-15)32-8-7-31-18/h3-6,9-10,22H,7-8,11-12H2,1-2H3,(H,25,28)(H,26,30)/t22-/m1/s1. The molecule has 5 rings (SSSR count). The van der Waals surface area contributed by atoms with Gasteiger partial charge in [-0.25, -0.2) is 9.59 Å². The van der Waals surface area contributed by atoms with Gasteiger partial charge in [0, 0.05) is 11.8 Å². The Morgan fingerprint density at radius 2 is 1.85 bits per heavy atom. The molecule has 9 nitrogen and oxygen atoms in total. The molecule has 1 atom stereocenters. The largest absolute Gasteiger partial charge is 0.486 e. The van der Waals surface area contributed by atoms with Crippen LogP contribution in [0.5, 0.6) is 11.5 Å². The van der Waals surface area contributed by atoms with Crippen LogP contribution in [0.2, 0.25) is 0 Å². The van der Waals surface area contributed by atoms with Crippen molar-refractivity contribution in [3.63, 3.8) is 0 Å². The fourth-order valence-electron chi connectivity index (χ4n) is 4.25. The van der Waals surface area contributed by atoms with Gasteiger partial charge in [-0.3, -0.25) is 9.69 Å². The molecular weight excluding hydrogens is 426 g/mol. The molecule has 0 bridgehead atoms. The van der Waals surface area contributed by atoms with Crippen LogP contribution in [0.25, 0.3) is 0 Å². The van der Waals surface area contributed by atoms with E-state index in [1.807, 2.05) is 32.0 Å². The lowest BCUT2D eigenvalue weighted by Gasteiger charge is -2.33. The molecule has 0 radical (unpaired) electrons. The number of hydrogen-bond donors (Lipinski definition) is 2. The lowest BCUT2D eigenvalue weighted by atomic mass is 9.91. The van der Waals surface area contributed by atoms with Crippen LogP contribution in [0.1, 0.15) is 22.7 Å². The second kappa shape index (κ2) is 8.16. The topological polar surface area (TPSA) is 106 Å². The average Bonchev–Trinajstić information content (AvgIpc) is 3.18. The van der Waals surface area contributed by atoms with Crippen molar-refractivity contribution in [2.75, 3.05) is 31.7 Å². The molecule has 3 aliphatic heterocycles. The van der Waals surface area contributed by atoms with E-state index >= 15 is 0 Å². The van der Waals surface area contributed by atoms with Gasteiger partial charge in [-0.1, -0.05) is 23.8 Å². The zero-order chi connectivity index (χ0) is 23.1. The average molecular weight is 449 g/mol. The predicted octanol–water partition coefficient (Wildman–Crippen LogP) is 2.59. The van der Waals surface area contributed by atoms with E-state index in [0.29, 0.717) is 41.7 Å². The van der Waals surface area contributed by atoms with Gasteiger partial charge in [0.2, 0.25) is 5.91 Å². The third kappa shape index (κ3) is 3.86. The summed E-state index contributed by atoms with van der Waals surface area (Å²) in [6, 6.07) is 9.87. The molecule has 0 unspecified atom stereocenters. The third-order valence-corrected chi connectivity index (χ3v) is 5.87. The Morgan fingerprint density at radius 3 is 2.67 bits per heavy atom. The lowest BCUT2D eigenvalue weighted by Crippen LogP contribution is -2.49. The number of ether oxygens (including phenoxy) is 3. The summed E-state index contributed by atoms with van der Waals surface area (Å²) in [4.78, 5) is 39.6. The number of nitrogens with one attached hydrogen (secondary N) is 2. The highest BCUT2D eigenvalue weighted by atomic mass is 16.6. The Labute approximate surface area is 190 Å². The Hall–Kier alpha value is -4.01. The maximum absolute atomic E-state index is 13.0. The molecule has 33 heavy (non-hydrogen) atoms. The van der Waals surface area contributed by atoms with Crippen LogP contribution in [-0.2, 0) is 14.3 Å². The maximum Gasteiger partial charge on any atom is 0.338 e. The highest BCUT2D eigenvalue weighted by Crippen LogP contribution is 2.37. The highest BCUT2D eigenvalue weighted by molar-refractivity contribution is 6.00. The quantitative estimate of drug-likeness (QED) is 0.695. The van der Waals surface area contributed by atoms with E-state index in [1.54, 1.807) is 18.2 Å². The van der Waals surface area contributed by atoms with Crippen molar-refractivity contribution in [1.29, 1.82) is 0 Å². The first-order valence-electron chi connectivity index (χ1n) is 10.7. The van der Waals surface area contributed by atoms with Crippen LogP contribution in [0.15, 0.2) is 47.7 Å². The molecule has 2 aromatic rings. The van der Waals surface area contributed by atoms with Gasteiger partial charge in [0.05, 0.1) is 17.3 Å². The zero-order valence-corrected chi connectivity index (χ0v) is 18.3. The smallest absolute Gasteiger partial charge is 0.338 e. The monoisotopic (exact) mass is 449 g/mol. The molecule has 0 spiro atoms. The lowest BCUT2D eigenvalue weighted by molar-refractivity contribution is -0.136. The van der Waals surface area contributed by atoms with Crippen LogP contribution in [0, 0.1) is 13.8 Å². The minimum Gasteiger partial charge on any atom is -0.486 e. The van der Waals surface area contributed by atoms with E-state index < -0.39 is 23.9 Å². The number of amides is 3. The molecule has 0 fully saturated rings. The summed E-state index contributed by atoms with van der Waals surface area (Å²) in [5.41, 5.74) is 4.07. The van der Waals surface area contributed by atoms with Crippen LogP contribution >= 0.6 is 0 Å². The second-order valence-electron chi connectivity index (χ2n) is 8.17. The summed E-state index contributed by atoms with van der Waals surface area (Å²) in [6.07, 6.45) is 0. The Kier molecular flexibility index (Phi) is 5.16. The number of benzene rings is 2. The molecule has 3 heterocycles. The first-order chi connectivity index (χ1) is 15.9. The Morgan fingerprint density at radius 1 is 1.06 bits per heavy atom. The molecule has 3 amide bonds. The number of aryl methyl sites for hydroxylation is 2. The summed E-state index contributed by atoms with van der Waals surface area (Å²) < 4.78 is 16.3. The summed E-state index contributed by atoms with van der Waals surface area (Å²) in [5, 5.41) is 5.64. The number of hydrogen-bond acceptors (Lipinski definition) is 6. The number of cyclic esters (lactones) is 1. The van der Waals surface area contributed by atoms with Gasteiger partial charge < -0.3 is 24.8 Å². The van der Waals surface area contributed by atoms with Gasteiger partial charge in [-0.2, -0.15) is 0 Å². The Bertz CT molecular complexity index is 1200. The minimum atomic E-state index is -0.625. The summed E-state index contributed by atoms with van der Waals surface area (Å²) in [7, 11) is 0. The number of urea groups is 1. The van der Waals surface area contributed by atoms with Gasteiger partial charge in [-0.05, 0) is 37.1 Å². The number of carbonyl (C=O) groups excluding carboxylic acids is 3. The van der Waals surface area contributed by atoms with E-state index in [1.165, 1.54) is 4.90 Å². The normalized spacial score (nSPS) is 19.1. The molecule has 2 aromatic carbocycles. The first kappa shape index (κ1) is 20.9. The van der Waals surface area contributed by atoms with Crippen molar-refractivity contribution in [1.82, 2.24) is 10.2 Å². The fraction of sp³-hybridized carbons (Fsp3) is 0.292. The molecular formula is C24H23N3O6. The summed E-state index contributed by atoms with van der Waals surface area (Å²) >= 11 is 0. The Balaban J connectivity index is 1.39. The van der Waals surface area contributed by atoms with Gasteiger partial charge in [0.1, 0.15) is 26.4 Å². The number of esters is 1. The molecule has 170 valence electrons.